The van der Waals surface area contributed by atoms with Gasteiger partial charge >= 0.3 is 0 Å². The highest BCUT2D eigenvalue weighted by molar-refractivity contribution is 5.79. The molecule has 0 radical (unpaired) electrons. The first-order valence-electron chi connectivity index (χ1n) is 6.84. The summed E-state index contributed by atoms with van der Waals surface area (Å²) in [7, 11) is 0. The standard InChI is InChI=1S/C16H18N2/c1-9(2)11-4-5-12-13(8-11)16(6-7-16)15-14(12)17-10(3)18-15/h4-5,8-9H,6-7H2,1-3H3,(H,17,18). The molecule has 92 valence electrons. The number of H-pyrrole nitrogens is 1. The van der Waals surface area contributed by atoms with Gasteiger partial charge in [0.25, 0.3) is 0 Å². The number of nitrogens with zero attached hydrogens (tertiary/aromatic N) is 1. The van der Waals surface area contributed by atoms with Gasteiger partial charge in [0, 0.05) is 11.0 Å². The van der Waals surface area contributed by atoms with E-state index in [1.165, 1.54) is 40.9 Å². The Morgan fingerprint density at radius 3 is 2.72 bits per heavy atom. The van der Waals surface area contributed by atoms with Crippen LogP contribution in [0.2, 0.25) is 0 Å². The number of hydrogen-bond donors (Lipinski definition) is 1. The third kappa shape index (κ3) is 1.11. The first-order chi connectivity index (χ1) is 8.62. The van der Waals surface area contributed by atoms with E-state index >= 15 is 0 Å². The van der Waals surface area contributed by atoms with E-state index in [0.717, 1.165) is 5.82 Å². The van der Waals surface area contributed by atoms with Gasteiger partial charge in [-0.2, -0.15) is 0 Å². The molecular formula is C16H18N2. The number of aromatic amines is 1. The molecule has 0 aliphatic heterocycles. The number of hydrogen-bond acceptors (Lipinski definition) is 1. The van der Waals surface area contributed by atoms with Gasteiger partial charge in [0.1, 0.15) is 5.82 Å². The fourth-order valence-electron chi connectivity index (χ4n) is 3.34. The number of aryl methyl sites for hydroxylation is 1. The molecule has 0 unspecified atom stereocenters. The van der Waals surface area contributed by atoms with E-state index in [1.807, 2.05) is 0 Å². The maximum absolute atomic E-state index is 4.69. The van der Waals surface area contributed by atoms with Crippen molar-refractivity contribution in [1.29, 1.82) is 0 Å². The van der Waals surface area contributed by atoms with Crippen LogP contribution in [0, 0.1) is 6.92 Å². The van der Waals surface area contributed by atoms with Crippen LogP contribution in [-0.2, 0) is 5.41 Å². The lowest BCUT2D eigenvalue weighted by atomic mass is 9.92. The van der Waals surface area contributed by atoms with Crippen LogP contribution in [0.3, 0.4) is 0 Å². The van der Waals surface area contributed by atoms with Crippen LogP contribution in [0.15, 0.2) is 18.2 Å². The van der Waals surface area contributed by atoms with Gasteiger partial charge < -0.3 is 4.98 Å². The van der Waals surface area contributed by atoms with Crippen LogP contribution in [0.4, 0.5) is 0 Å². The summed E-state index contributed by atoms with van der Waals surface area (Å²) >= 11 is 0. The Morgan fingerprint density at radius 2 is 2.06 bits per heavy atom. The Bertz CT molecular complexity index is 645. The summed E-state index contributed by atoms with van der Waals surface area (Å²) in [6.45, 7) is 6.58. The van der Waals surface area contributed by atoms with Gasteiger partial charge in [-0.25, -0.2) is 4.98 Å². The number of imidazole rings is 1. The van der Waals surface area contributed by atoms with Gasteiger partial charge in [0.05, 0.1) is 11.4 Å². The molecule has 2 aliphatic rings. The largest absolute Gasteiger partial charge is 0.345 e. The highest BCUT2D eigenvalue weighted by Crippen LogP contribution is 2.61. The lowest BCUT2D eigenvalue weighted by Crippen LogP contribution is -2.05. The predicted octanol–water partition coefficient (Wildman–Crippen LogP) is 3.90. The minimum atomic E-state index is 0.289. The van der Waals surface area contributed by atoms with Gasteiger partial charge in [0.15, 0.2) is 0 Å². The third-order valence-electron chi connectivity index (χ3n) is 4.53. The molecule has 2 aromatic rings. The maximum Gasteiger partial charge on any atom is 0.103 e. The van der Waals surface area contributed by atoms with Crippen LogP contribution in [0.5, 0.6) is 0 Å². The molecular weight excluding hydrogens is 220 g/mol. The van der Waals surface area contributed by atoms with Crippen LogP contribution < -0.4 is 0 Å². The Labute approximate surface area is 107 Å². The molecule has 0 saturated heterocycles. The molecule has 0 atom stereocenters. The molecule has 1 saturated carbocycles. The summed E-state index contributed by atoms with van der Waals surface area (Å²) in [5, 5.41) is 0. The van der Waals surface area contributed by atoms with Gasteiger partial charge in [-0.1, -0.05) is 32.0 Å². The molecule has 1 spiro atoms. The van der Waals surface area contributed by atoms with Crippen molar-refractivity contribution < 1.29 is 0 Å². The molecule has 2 nitrogen and oxygen atoms in total. The molecule has 1 aromatic heterocycles. The summed E-state index contributed by atoms with van der Waals surface area (Å²) in [4.78, 5) is 8.18. The van der Waals surface area contributed by atoms with Crippen molar-refractivity contribution in [3.05, 3.63) is 40.8 Å². The Hall–Kier alpha value is -1.57. The van der Waals surface area contributed by atoms with Crippen molar-refractivity contribution >= 4 is 0 Å². The molecule has 1 aromatic carbocycles. The van der Waals surface area contributed by atoms with Crippen LogP contribution in [0.25, 0.3) is 11.3 Å². The zero-order chi connectivity index (χ0) is 12.5. The minimum absolute atomic E-state index is 0.289. The van der Waals surface area contributed by atoms with E-state index in [2.05, 4.69) is 48.9 Å². The molecule has 0 amide bonds. The molecule has 2 aliphatic carbocycles. The van der Waals surface area contributed by atoms with E-state index in [-0.39, 0.29) is 5.41 Å². The average molecular weight is 238 g/mol. The quantitative estimate of drug-likeness (QED) is 0.802. The molecule has 1 fully saturated rings. The summed E-state index contributed by atoms with van der Waals surface area (Å²) in [6, 6.07) is 6.95. The number of fused-ring (bicyclic) bond motifs is 5. The first kappa shape index (κ1) is 10.4. The second-order valence-corrected chi connectivity index (χ2v) is 6.09. The fourth-order valence-corrected chi connectivity index (χ4v) is 3.34. The third-order valence-corrected chi connectivity index (χ3v) is 4.53. The summed E-state index contributed by atoms with van der Waals surface area (Å²) in [5.74, 6) is 1.64. The Balaban J connectivity index is 1.98. The fraction of sp³-hybridized carbons (Fsp3) is 0.438. The van der Waals surface area contributed by atoms with E-state index in [9.17, 15) is 0 Å². The predicted molar refractivity (Wildman–Crippen MR) is 72.9 cm³/mol. The second-order valence-electron chi connectivity index (χ2n) is 6.09. The normalized spacial score (nSPS) is 18.2. The monoisotopic (exact) mass is 238 g/mol. The minimum Gasteiger partial charge on any atom is -0.345 e. The Morgan fingerprint density at radius 1 is 1.28 bits per heavy atom. The van der Waals surface area contributed by atoms with E-state index in [1.54, 1.807) is 0 Å². The zero-order valence-corrected chi connectivity index (χ0v) is 11.2. The van der Waals surface area contributed by atoms with Crippen molar-refractivity contribution in [1.82, 2.24) is 9.97 Å². The topological polar surface area (TPSA) is 28.7 Å². The number of nitrogens with one attached hydrogen (secondary N) is 1. The lowest BCUT2D eigenvalue weighted by molar-refractivity contribution is 0.818. The first-order valence-corrected chi connectivity index (χ1v) is 6.84. The lowest BCUT2D eigenvalue weighted by Gasteiger charge is -2.13. The van der Waals surface area contributed by atoms with Gasteiger partial charge in [-0.05, 0) is 36.8 Å². The van der Waals surface area contributed by atoms with Gasteiger partial charge in [-0.15, -0.1) is 0 Å². The average Bonchev–Trinajstić information content (AvgIpc) is 3.00. The van der Waals surface area contributed by atoms with E-state index in [0.29, 0.717) is 5.92 Å². The van der Waals surface area contributed by atoms with Crippen molar-refractivity contribution in [2.45, 2.75) is 44.9 Å². The number of aromatic nitrogens is 2. The van der Waals surface area contributed by atoms with Crippen LogP contribution >= 0.6 is 0 Å². The van der Waals surface area contributed by atoms with Crippen molar-refractivity contribution in [2.75, 3.05) is 0 Å². The van der Waals surface area contributed by atoms with Crippen molar-refractivity contribution in [3.8, 4) is 11.3 Å². The number of rotatable bonds is 1. The highest BCUT2D eigenvalue weighted by atomic mass is 15.0. The van der Waals surface area contributed by atoms with Gasteiger partial charge in [-0.3, -0.25) is 0 Å². The van der Waals surface area contributed by atoms with Crippen molar-refractivity contribution in [3.63, 3.8) is 0 Å². The molecule has 18 heavy (non-hydrogen) atoms. The van der Waals surface area contributed by atoms with Gasteiger partial charge in [0.2, 0.25) is 0 Å². The van der Waals surface area contributed by atoms with Crippen LogP contribution in [0.1, 0.15) is 55.3 Å². The summed E-state index contributed by atoms with van der Waals surface area (Å²) in [5.41, 5.74) is 7.18. The molecule has 2 heteroatoms. The molecule has 1 N–H and O–H groups in total. The Kier molecular flexibility index (Phi) is 1.76. The summed E-state index contributed by atoms with van der Waals surface area (Å²) in [6.07, 6.45) is 2.55. The second kappa shape index (κ2) is 3.05. The molecule has 1 heterocycles. The zero-order valence-electron chi connectivity index (χ0n) is 11.2. The molecule has 0 bridgehead atoms. The van der Waals surface area contributed by atoms with E-state index < -0.39 is 0 Å². The SMILES string of the molecule is Cc1nc2c([nH]1)C1(CC1)c1cc(C(C)C)ccc1-2. The van der Waals surface area contributed by atoms with E-state index in [4.69, 9.17) is 0 Å². The van der Waals surface area contributed by atoms with Crippen LogP contribution in [-0.4, -0.2) is 9.97 Å². The smallest absolute Gasteiger partial charge is 0.103 e. The number of benzene rings is 1. The van der Waals surface area contributed by atoms with Crippen molar-refractivity contribution in [2.24, 2.45) is 0 Å². The summed E-state index contributed by atoms with van der Waals surface area (Å²) < 4.78 is 0. The molecule has 4 rings (SSSR count). The highest BCUT2D eigenvalue weighted by Gasteiger charge is 2.54. The maximum atomic E-state index is 4.69.